The fourth-order valence-corrected chi connectivity index (χ4v) is 1.90. The molecule has 1 saturated carbocycles. The fourth-order valence-electron chi connectivity index (χ4n) is 1.90. The molecule has 0 bridgehead atoms. The quantitative estimate of drug-likeness (QED) is 0.782. The first-order valence-electron chi connectivity index (χ1n) is 6.67. The number of hydrogen-bond acceptors (Lipinski definition) is 2. The van der Waals surface area contributed by atoms with Crippen molar-refractivity contribution in [2.45, 2.75) is 51.9 Å². The molecule has 0 heterocycles. The van der Waals surface area contributed by atoms with E-state index in [0.717, 1.165) is 25.6 Å². The summed E-state index contributed by atoms with van der Waals surface area (Å²) in [4.78, 5) is 0. The molecule has 0 amide bonds. The Morgan fingerprint density at radius 3 is 2.59 bits per heavy atom. The van der Waals surface area contributed by atoms with E-state index in [1.54, 1.807) is 0 Å². The third-order valence-corrected chi connectivity index (χ3v) is 3.10. The van der Waals surface area contributed by atoms with Crippen LogP contribution in [0.3, 0.4) is 0 Å². The number of ether oxygens (including phenoxy) is 1. The van der Waals surface area contributed by atoms with Gasteiger partial charge < -0.3 is 10.1 Å². The molecule has 2 heteroatoms. The number of hydrogen-bond donors (Lipinski definition) is 1. The van der Waals surface area contributed by atoms with Crippen LogP contribution >= 0.6 is 0 Å². The molecule has 2 rings (SSSR count). The summed E-state index contributed by atoms with van der Waals surface area (Å²) in [5, 5.41) is 3.56. The second kappa shape index (κ2) is 6.18. The third-order valence-electron chi connectivity index (χ3n) is 3.10. The molecule has 0 aliphatic heterocycles. The lowest BCUT2D eigenvalue weighted by Crippen LogP contribution is -2.19. The standard InChI is InChI=1S/C15H23NO/c1-12(2)17-11-14-6-4-3-5-13(14)9-10-16-15-7-8-15/h3-6,12,15-16H,7-11H2,1-2H3. The average Bonchev–Trinajstić information content (AvgIpc) is 3.12. The van der Waals surface area contributed by atoms with Crippen molar-refractivity contribution in [1.82, 2.24) is 5.32 Å². The molecule has 1 N–H and O–H groups in total. The smallest absolute Gasteiger partial charge is 0.0723 e. The van der Waals surface area contributed by atoms with Crippen LogP contribution < -0.4 is 5.32 Å². The average molecular weight is 233 g/mol. The van der Waals surface area contributed by atoms with Gasteiger partial charge in [-0.2, -0.15) is 0 Å². The Labute approximate surface area is 104 Å². The van der Waals surface area contributed by atoms with E-state index in [2.05, 4.69) is 43.4 Å². The van der Waals surface area contributed by atoms with Crippen molar-refractivity contribution in [3.63, 3.8) is 0 Å². The van der Waals surface area contributed by atoms with Crippen LogP contribution in [0.2, 0.25) is 0 Å². The number of rotatable bonds is 7. The van der Waals surface area contributed by atoms with E-state index >= 15 is 0 Å². The minimum absolute atomic E-state index is 0.299. The van der Waals surface area contributed by atoms with Gasteiger partial charge in [0.1, 0.15) is 0 Å². The third kappa shape index (κ3) is 4.49. The first-order chi connectivity index (χ1) is 8.25. The van der Waals surface area contributed by atoms with Crippen molar-refractivity contribution in [2.75, 3.05) is 6.54 Å². The number of benzene rings is 1. The van der Waals surface area contributed by atoms with Crippen LogP contribution in [0.5, 0.6) is 0 Å². The topological polar surface area (TPSA) is 21.3 Å². The summed E-state index contributed by atoms with van der Waals surface area (Å²) in [6, 6.07) is 9.40. The zero-order valence-electron chi connectivity index (χ0n) is 10.9. The van der Waals surface area contributed by atoms with Gasteiger partial charge in [-0.15, -0.1) is 0 Å². The zero-order chi connectivity index (χ0) is 12.1. The van der Waals surface area contributed by atoms with E-state index in [9.17, 15) is 0 Å². The Morgan fingerprint density at radius 1 is 1.24 bits per heavy atom. The van der Waals surface area contributed by atoms with Crippen molar-refractivity contribution < 1.29 is 4.74 Å². The molecule has 0 aromatic heterocycles. The van der Waals surface area contributed by atoms with Gasteiger partial charge in [0.25, 0.3) is 0 Å². The summed E-state index contributed by atoms with van der Waals surface area (Å²) < 4.78 is 5.69. The highest BCUT2D eigenvalue weighted by atomic mass is 16.5. The molecule has 94 valence electrons. The lowest BCUT2D eigenvalue weighted by molar-refractivity contribution is 0.0653. The molecule has 17 heavy (non-hydrogen) atoms. The van der Waals surface area contributed by atoms with Gasteiger partial charge in [-0.1, -0.05) is 24.3 Å². The molecule has 0 spiro atoms. The second-order valence-corrected chi connectivity index (χ2v) is 5.11. The highest BCUT2D eigenvalue weighted by molar-refractivity contribution is 5.26. The van der Waals surface area contributed by atoms with Gasteiger partial charge in [-0.3, -0.25) is 0 Å². The van der Waals surface area contributed by atoms with Crippen LogP contribution in [0.1, 0.15) is 37.8 Å². The van der Waals surface area contributed by atoms with E-state index in [1.807, 2.05) is 0 Å². The molecule has 1 aromatic rings. The van der Waals surface area contributed by atoms with Gasteiger partial charge in [0, 0.05) is 6.04 Å². The molecular weight excluding hydrogens is 210 g/mol. The summed E-state index contributed by atoms with van der Waals surface area (Å²) in [5.74, 6) is 0. The van der Waals surface area contributed by atoms with Gasteiger partial charge in [0.15, 0.2) is 0 Å². The summed E-state index contributed by atoms with van der Waals surface area (Å²) in [7, 11) is 0. The van der Waals surface area contributed by atoms with Gasteiger partial charge in [-0.05, 0) is 50.8 Å². The van der Waals surface area contributed by atoms with Crippen molar-refractivity contribution >= 4 is 0 Å². The van der Waals surface area contributed by atoms with E-state index < -0.39 is 0 Å². The SMILES string of the molecule is CC(C)OCc1ccccc1CCNC1CC1. The van der Waals surface area contributed by atoms with Crippen LogP contribution in [-0.2, 0) is 17.8 Å². The monoisotopic (exact) mass is 233 g/mol. The van der Waals surface area contributed by atoms with E-state index in [1.165, 1.54) is 24.0 Å². The van der Waals surface area contributed by atoms with Crippen molar-refractivity contribution in [2.24, 2.45) is 0 Å². The van der Waals surface area contributed by atoms with Gasteiger partial charge in [0.2, 0.25) is 0 Å². The fraction of sp³-hybridized carbons (Fsp3) is 0.600. The minimum Gasteiger partial charge on any atom is -0.374 e. The molecule has 0 unspecified atom stereocenters. The zero-order valence-corrected chi connectivity index (χ0v) is 10.9. The molecular formula is C15H23NO. The highest BCUT2D eigenvalue weighted by Gasteiger charge is 2.19. The van der Waals surface area contributed by atoms with Crippen molar-refractivity contribution in [3.05, 3.63) is 35.4 Å². The molecule has 0 atom stereocenters. The highest BCUT2D eigenvalue weighted by Crippen LogP contribution is 2.19. The van der Waals surface area contributed by atoms with E-state index in [0.29, 0.717) is 6.10 Å². The molecule has 1 aliphatic carbocycles. The minimum atomic E-state index is 0.299. The van der Waals surface area contributed by atoms with Crippen LogP contribution in [0.4, 0.5) is 0 Å². The summed E-state index contributed by atoms with van der Waals surface area (Å²) in [6.45, 7) is 5.98. The first-order valence-corrected chi connectivity index (χ1v) is 6.67. The van der Waals surface area contributed by atoms with Gasteiger partial charge in [-0.25, -0.2) is 0 Å². The summed E-state index contributed by atoms with van der Waals surface area (Å²) >= 11 is 0. The van der Waals surface area contributed by atoms with Crippen LogP contribution in [0.25, 0.3) is 0 Å². The Bertz CT molecular complexity index is 345. The van der Waals surface area contributed by atoms with E-state index in [4.69, 9.17) is 4.74 Å². The predicted octanol–water partition coefficient (Wildman–Crippen LogP) is 2.91. The molecule has 0 radical (unpaired) electrons. The molecule has 1 aromatic carbocycles. The van der Waals surface area contributed by atoms with Crippen LogP contribution in [-0.4, -0.2) is 18.7 Å². The van der Waals surface area contributed by atoms with Crippen molar-refractivity contribution in [1.29, 1.82) is 0 Å². The van der Waals surface area contributed by atoms with Crippen LogP contribution in [0, 0.1) is 0 Å². The maximum atomic E-state index is 5.69. The molecule has 1 fully saturated rings. The Morgan fingerprint density at radius 2 is 1.94 bits per heavy atom. The Hall–Kier alpha value is -0.860. The first kappa shape index (κ1) is 12.6. The lowest BCUT2D eigenvalue weighted by Gasteiger charge is -2.12. The van der Waals surface area contributed by atoms with Gasteiger partial charge in [0.05, 0.1) is 12.7 Å². The van der Waals surface area contributed by atoms with Gasteiger partial charge >= 0.3 is 0 Å². The number of nitrogens with one attached hydrogen (secondary N) is 1. The molecule has 0 saturated heterocycles. The van der Waals surface area contributed by atoms with E-state index in [-0.39, 0.29) is 0 Å². The Balaban J connectivity index is 1.84. The molecule has 2 nitrogen and oxygen atoms in total. The van der Waals surface area contributed by atoms with Crippen molar-refractivity contribution in [3.8, 4) is 0 Å². The second-order valence-electron chi connectivity index (χ2n) is 5.11. The summed E-state index contributed by atoms with van der Waals surface area (Å²) in [5.41, 5.74) is 2.75. The largest absolute Gasteiger partial charge is 0.374 e. The van der Waals surface area contributed by atoms with Crippen LogP contribution in [0.15, 0.2) is 24.3 Å². The maximum Gasteiger partial charge on any atom is 0.0723 e. The normalized spacial score (nSPS) is 15.5. The Kier molecular flexibility index (Phi) is 4.57. The maximum absolute atomic E-state index is 5.69. The predicted molar refractivity (Wildman–Crippen MR) is 71.1 cm³/mol. The summed E-state index contributed by atoms with van der Waals surface area (Å²) in [6.07, 6.45) is 4.12. The lowest BCUT2D eigenvalue weighted by atomic mass is 10.1. The molecule has 1 aliphatic rings.